The van der Waals surface area contributed by atoms with Gasteiger partial charge in [0.05, 0.1) is 24.5 Å². The largest absolute Gasteiger partial charge is 0.379 e. The van der Waals surface area contributed by atoms with E-state index in [1.165, 1.54) is 0 Å². The molecule has 0 spiro atoms. The Labute approximate surface area is 231 Å². The number of ketones is 2. The first kappa shape index (κ1) is 30.1. The molecular formula is C28H35N7O5. The number of aromatic amines is 1. The summed E-state index contributed by atoms with van der Waals surface area (Å²) in [6.45, 7) is 7.35. The third-order valence-electron chi connectivity index (χ3n) is 6.30. The first-order chi connectivity index (χ1) is 19.1. The molecule has 0 aliphatic carbocycles. The third-order valence-corrected chi connectivity index (χ3v) is 6.30. The minimum atomic E-state index is -0.566. The number of carbonyl (C=O) groups is 4. The van der Waals surface area contributed by atoms with Gasteiger partial charge in [0.15, 0.2) is 16.9 Å². The van der Waals surface area contributed by atoms with Gasteiger partial charge in [-0.05, 0) is 44.5 Å². The molecule has 2 atom stereocenters. The van der Waals surface area contributed by atoms with Crippen molar-refractivity contribution in [2.45, 2.75) is 66.0 Å². The maximum Gasteiger partial charge on any atom is 0.279 e. The van der Waals surface area contributed by atoms with Crippen molar-refractivity contribution < 1.29 is 19.2 Å². The van der Waals surface area contributed by atoms with Crippen molar-refractivity contribution in [3.8, 4) is 0 Å². The van der Waals surface area contributed by atoms with Crippen LogP contribution in [-0.4, -0.2) is 55.9 Å². The van der Waals surface area contributed by atoms with Crippen LogP contribution in [0, 0.1) is 12.8 Å². The molecule has 1 aromatic carbocycles. The van der Waals surface area contributed by atoms with Gasteiger partial charge in [0, 0.05) is 43.0 Å². The summed E-state index contributed by atoms with van der Waals surface area (Å²) in [5.74, 6) is -0.770. The SMILES string of the molecule is CCC(=O)[C@H](C)NC(=O)[C@H](C)CC(=O)CCCNC(=O)c1ccc(NCc2cnc3nc(C)[nH]c(=O)c3n2)cc1. The topological polar surface area (TPSA) is 176 Å². The first-order valence-electron chi connectivity index (χ1n) is 13.3. The van der Waals surface area contributed by atoms with E-state index in [2.05, 4.69) is 35.9 Å². The molecule has 0 aliphatic rings. The van der Waals surface area contributed by atoms with E-state index in [0.29, 0.717) is 43.0 Å². The summed E-state index contributed by atoms with van der Waals surface area (Å²) in [7, 11) is 0. The predicted molar refractivity (Wildman–Crippen MR) is 150 cm³/mol. The van der Waals surface area contributed by atoms with Gasteiger partial charge in [-0.25, -0.2) is 15.0 Å². The highest BCUT2D eigenvalue weighted by molar-refractivity contribution is 5.94. The van der Waals surface area contributed by atoms with E-state index in [0.717, 1.165) is 5.69 Å². The van der Waals surface area contributed by atoms with E-state index in [9.17, 15) is 24.0 Å². The predicted octanol–water partition coefficient (Wildman–Crippen LogP) is 2.22. The lowest BCUT2D eigenvalue weighted by Crippen LogP contribution is -2.41. The smallest absolute Gasteiger partial charge is 0.279 e. The first-order valence-corrected chi connectivity index (χ1v) is 13.3. The monoisotopic (exact) mass is 549 g/mol. The van der Waals surface area contributed by atoms with Crippen molar-refractivity contribution >= 4 is 40.2 Å². The van der Waals surface area contributed by atoms with Crippen LogP contribution >= 0.6 is 0 Å². The summed E-state index contributed by atoms with van der Waals surface area (Å²) in [5, 5.41) is 8.62. The molecule has 0 radical (unpaired) electrons. The van der Waals surface area contributed by atoms with Crippen LogP contribution < -0.4 is 21.5 Å². The molecule has 0 saturated heterocycles. The summed E-state index contributed by atoms with van der Waals surface area (Å²) in [5.41, 5.74) is 1.91. The molecule has 4 N–H and O–H groups in total. The second-order valence-corrected chi connectivity index (χ2v) is 9.67. The molecule has 2 heterocycles. The lowest BCUT2D eigenvalue weighted by atomic mass is 10.0. The quantitative estimate of drug-likeness (QED) is 0.220. The van der Waals surface area contributed by atoms with Gasteiger partial charge in [-0.3, -0.25) is 24.0 Å². The van der Waals surface area contributed by atoms with Crippen LogP contribution in [0.25, 0.3) is 11.2 Å². The van der Waals surface area contributed by atoms with Gasteiger partial charge >= 0.3 is 0 Å². The van der Waals surface area contributed by atoms with Crippen molar-refractivity contribution in [1.29, 1.82) is 0 Å². The van der Waals surface area contributed by atoms with Crippen LogP contribution in [0.4, 0.5) is 5.69 Å². The molecule has 0 fully saturated rings. The molecular weight excluding hydrogens is 514 g/mol. The van der Waals surface area contributed by atoms with Gasteiger partial charge in [0.25, 0.3) is 11.5 Å². The van der Waals surface area contributed by atoms with Crippen LogP contribution in [-0.2, 0) is 20.9 Å². The molecule has 0 bridgehead atoms. The maximum atomic E-state index is 12.5. The number of hydrogen-bond acceptors (Lipinski definition) is 9. The lowest BCUT2D eigenvalue weighted by molar-refractivity contribution is -0.131. The highest BCUT2D eigenvalue weighted by atomic mass is 16.2. The number of carbonyl (C=O) groups excluding carboxylic acids is 4. The fourth-order valence-electron chi connectivity index (χ4n) is 3.95. The van der Waals surface area contributed by atoms with Gasteiger partial charge < -0.3 is 20.9 Å². The van der Waals surface area contributed by atoms with Crippen molar-refractivity contribution in [3.05, 3.63) is 57.9 Å². The minimum Gasteiger partial charge on any atom is -0.379 e. The molecule has 0 unspecified atom stereocenters. The summed E-state index contributed by atoms with van der Waals surface area (Å²) in [6.07, 6.45) is 2.67. The van der Waals surface area contributed by atoms with Crippen molar-refractivity contribution in [2.75, 3.05) is 11.9 Å². The molecule has 12 nitrogen and oxygen atoms in total. The Morgan fingerprint density at radius 3 is 2.48 bits per heavy atom. The second-order valence-electron chi connectivity index (χ2n) is 9.67. The summed E-state index contributed by atoms with van der Waals surface area (Å²) in [6, 6.07) is 6.30. The van der Waals surface area contributed by atoms with Crippen LogP contribution in [0.1, 0.15) is 68.3 Å². The Kier molecular flexibility index (Phi) is 10.6. The number of H-pyrrole nitrogens is 1. The average molecular weight is 550 g/mol. The van der Waals surface area contributed by atoms with E-state index in [-0.39, 0.29) is 52.9 Å². The van der Waals surface area contributed by atoms with Crippen LogP contribution in [0.15, 0.2) is 35.3 Å². The fourth-order valence-corrected chi connectivity index (χ4v) is 3.95. The molecule has 0 saturated carbocycles. The van der Waals surface area contributed by atoms with Gasteiger partial charge in [0.1, 0.15) is 11.6 Å². The van der Waals surface area contributed by atoms with Crippen molar-refractivity contribution in [2.24, 2.45) is 5.92 Å². The number of aryl methyl sites for hydroxylation is 1. The zero-order valence-corrected chi connectivity index (χ0v) is 23.2. The van der Waals surface area contributed by atoms with Gasteiger partial charge in [-0.2, -0.15) is 0 Å². The zero-order chi connectivity index (χ0) is 29.2. The van der Waals surface area contributed by atoms with Crippen LogP contribution in [0.5, 0.6) is 0 Å². The summed E-state index contributed by atoms with van der Waals surface area (Å²) in [4.78, 5) is 75.9. The average Bonchev–Trinajstić information content (AvgIpc) is 2.93. The highest BCUT2D eigenvalue weighted by Crippen LogP contribution is 2.12. The van der Waals surface area contributed by atoms with E-state index >= 15 is 0 Å². The Morgan fingerprint density at radius 1 is 1.05 bits per heavy atom. The number of rotatable bonds is 14. The molecule has 40 heavy (non-hydrogen) atoms. The van der Waals surface area contributed by atoms with Gasteiger partial charge in [0.2, 0.25) is 5.91 Å². The Balaban J connectivity index is 1.39. The Hall–Kier alpha value is -4.48. The number of hydrogen-bond donors (Lipinski definition) is 4. The number of amides is 2. The van der Waals surface area contributed by atoms with Crippen molar-refractivity contribution in [1.82, 2.24) is 30.6 Å². The molecule has 3 aromatic rings. The molecule has 3 rings (SSSR count). The number of aromatic nitrogens is 4. The molecule has 0 aliphatic heterocycles. The normalized spacial score (nSPS) is 12.4. The standard InChI is InChI=1S/C28H35N7O5/c1-5-23(37)17(3)32-26(38)16(2)13-22(36)7-6-12-29-27(39)19-8-10-20(11-9-19)30-14-21-15-31-25-24(35-21)28(40)34-18(4)33-25/h8-11,15-17,30H,5-7,12-14H2,1-4H3,(H,29,39)(H,32,38)(H,31,33,34,40)/t16-,17+/m1/s1. The lowest BCUT2D eigenvalue weighted by Gasteiger charge is -2.16. The fraction of sp³-hybridized carbons (Fsp3) is 0.429. The third kappa shape index (κ3) is 8.52. The summed E-state index contributed by atoms with van der Waals surface area (Å²) >= 11 is 0. The molecule has 212 valence electrons. The Bertz CT molecular complexity index is 1440. The van der Waals surface area contributed by atoms with E-state index in [1.807, 2.05) is 0 Å². The number of anilines is 1. The van der Waals surface area contributed by atoms with Crippen LogP contribution in [0.2, 0.25) is 0 Å². The van der Waals surface area contributed by atoms with E-state index in [4.69, 9.17) is 0 Å². The van der Waals surface area contributed by atoms with Gasteiger partial charge in [-0.1, -0.05) is 13.8 Å². The Morgan fingerprint density at radius 2 is 1.77 bits per heavy atom. The molecule has 2 aromatic heterocycles. The van der Waals surface area contributed by atoms with Crippen LogP contribution in [0.3, 0.4) is 0 Å². The van der Waals surface area contributed by atoms with Gasteiger partial charge in [-0.15, -0.1) is 0 Å². The number of Topliss-reactive ketones (excluding diaryl/α,β-unsaturated/α-hetero) is 2. The highest BCUT2D eigenvalue weighted by Gasteiger charge is 2.20. The maximum absolute atomic E-state index is 12.5. The van der Waals surface area contributed by atoms with Crippen molar-refractivity contribution in [3.63, 3.8) is 0 Å². The van der Waals surface area contributed by atoms with E-state index in [1.54, 1.807) is 58.2 Å². The summed E-state index contributed by atoms with van der Waals surface area (Å²) < 4.78 is 0. The molecule has 2 amide bonds. The number of benzene rings is 1. The van der Waals surface area contributed by atoms with E-state index < -0.39 is 12.0 Å². The number of fused-ring (bicyclic) bond motifs is 1. The molecule has 12 heteroatoms. The second kappa shape index (κ2) is 14.1. The minimum absolute atomic E-state index is 0.0590. The number of nitrogens with one attached hydrogen (secondary N) is 4. The number of nitrogens with zero attached hydrogens (tertiary/aromatic N) is 3. The zero-order valence-electron chi connectivity index (χ0n) is 23.2.